The zero-order valence-electron chi connectivity index (χ0n) is 22.6. The third-order valence-corrected chi connectivity index (χ3v) is 7.97. The van der Waals surface area contributed by atoms with Crippen molar-refractivity contribution in [3.63, 3.8) is 0 Å². The summed E-state index contributed by atoms with van der Waals surface area (Å²) in [5.41, 5.74) is -1.47. The second kappa shape index (κ2) is 10.7. The molecule has 0 bridgehead atoms. The van der Waals surface area contributed by atoms with Crippen LogP contribution in [-0.4, -0.2) is 51.1 Å². The van der Waals surface area contributed by atoms with Crippen LogP contribution in [0.2, 0.25) is 0 Å². The number of nitrogens with zero attached hydrogens (tertiary/aromatic N) is 4. The van der Waals surface area contributed by atoms with Gasteiger partial charge in [0.1, 0.15) is 35.3 Å². The van der Waals surface area contributed by atoms with E-state index in [1.165, 1.54) is 29.8 Å². The maximum absolute atomic E-state index is 14.9. The summed E-state index contributed by atoms with van der Waals surface area (Å²) in [6, 6.07) is 2.97. The molecule has 1 saturated carbocycles. The molecular formula is C28H32F4N6O2. The first-order valence-electron chi connectivity index (χ1n) is 13.4. The zero-order chi connectivity index (χ0) is 28.8. The lowest BCUT2D eigenvalue weighted by atomic mass is 10.0. The fourth-order valence-electron chi connectivity index (χ4n) is 5.38. The molecule has 0 spiro atoms. The minimum atomic E-state index is -2.96. The number of amides is 1. The van der Waals surface area contributed by atoms with Crippen LogP contribution in [0.3, 0.4) is 0 Å². The predicted octanol–water partition coefficient (Wildman–Crippen LogP) is 5.23. The third-order valence-electron chi connectivity index (χ3n) is 7.97. The van der Waals surface area contributed by atoms with Crippen LogP contribution in [0.5, 0.6) is 0 Å². The van der Waals surface area contributed by atoms with E-state index in [-0.39, 0.29) is 29.0 Å². The summed E-state index contributed by atoms with van der Waals surface area (Å²) in [6.45, 7) is 5.17. The second-order valence-electron chi connectivity index (χ2n) is 10.8. The number of alkyl halides is 3. The highest BCUT2D eigenvalue weighted by atomic mass is 19.3. The number of carbonyl (C=O) groups is 1. The van der Waals surface area contributed by atoms with E-state index in [1.54, 1.807) is 18.7 Å². The number of hydrogen-bond donors (Lipinski definition) is 2. The first-order valence-corrected chi connectivity index (χ1v) is 13.4. The summed E-state index contributed by atoms with van der Waals surface area (Å²) >= 11 is 0. The van der Waals surface area contributed by atoms with Crippen molar-refractivity contribution in [1.82, 2.24) is 19.4 Å². The number of hydrogen-bond acceptors (Lipinski definition) is 6. The Labute approximate surface area is 228 Å². The standard InChI is InChI=1S/C28H32F4N6O2/c1-15(19-5-4-6-20(22(19)30)25(31)32)33-26-21-13-38(28(14-29)9-10-28)27(40)24(23(21)34-16(2)35-26)36-18-7-11-37(12-8-18)17(3)39/h4-6,13,15,18,25,36H,7-12,14H2,1-3H3,(H,33,34,35)/t15-/m1/s1. The molecule has 0 unspecified atom stereocenters. The fourth-order valence-corrected chi connectivity index (χ4v) is 5.38. The quantitative estimate of drug-likeness (QED) is 0.367. The molecule has 2 N–H and O–H groups in total. The number of aromatic nitrogens is 3. The third kappa shape index (κ3) is 5.11. The number of carbonyl (C=O) groups excluding carboxylic acids is 1. The van der Waals surface area contributed by atoms with E-state index in [1.807, 2.05) is 0 Å². The molecule has 3 aromatic rings. The van der Waals surface area contributed by atoms with Crippen LogP contribution in [0.4, 0.5) is 29.1 Å². The van der Waals surface area contributed by atoms with Crippen molar-refractivity contribution in [2.24, 2.45) is 0 Å². The van der Waals surface area contributed by atoms with Gasteiger partial charge in [-0.05, 0) is 39.5 Å². The number of piperidine rings is 1. The molecule has 214 valence electrons. The van der Waals surface area contributed by atoms with Crippen molar-refractivity contribution in [2.75, 3.05) is 30.4 Å². The van der Waals surface area contributed by atoms with Crippen LogP contribution in [0, 0.1) is 12.7 Å². The van der Waals surface area contributed by atoms with Gasteiger partial charge in [0.05, 0.1) is 22.5 Å². The molecule has 1 aromatic carbocycles. The smallest absolute Gasteiger partial charge is 0.276 e. The van der Waals surface area contributed by atoms with E-state index in [4.69, 9.17) is 0 Å². The Morgan fingerprint density at radius 3 is 2.45 bits per heavy atom. The molecule has 8 nitrogen and oxygen atoms in total. The molecule has 1 amide bonds. The molecular weight excluding hydrogens is 528 g/mol. The Balaban J connectivity index is 1.58. The van der Waals surface area contributed by atoms with Gasteiger partial charge < -0.3 is 20.1 Å². The highest BCUT2D eigenvalue weighted by Gasteiger charge is 2.46. The van der Waals surface area contributed by atoms with Crippen molar-refractivity contribution >= 4 is 28.3 Å². The largest absolute Gasteiger partial charge is 0.376 e. The molecule has 12 heteroatoms. The van der Waals surface area contributed by atoms with Gasteiger partial charge in [0.25, 0.3) is 12.0 Å². The maximum Gasteiger partial charge on any atom is 0.276 e. The number of rotatable bonds is 8. The average molecular weight is 561 g/mol. The number of aryl methyl sites for hydroxylation is 1. The van der Waals surface area contributed by atoms with E-state index in [2.05, 4.69) is 20.6 Å². The van der Waals surface area contributed by atoms with Gasteiger partial charge in [-0.1, -0.05) is 18.2 Å². The molecule has 1 aliphatic carbocycles. The Kier molecular flexibility index (Phi) is 7.45. The lowest BCUT2D eigenvalue weighted by Gasteiger charge is -2.32. The van der Waals surface area contributed by atoms with Gasteiger partial charge in [-0.15, -0.1) is 0 Å². The van der Waals surface area contributed by atoms with E-state index >= 15 is 0 Å². The van der Waals surface area contributed by atoms with Crippen LogP contribution in [-0.2, 0) is 10.3 Å². The van der Waals surface area contributed by atoms with Gasteiger partial charge in [0.15, 0.2) is 0 Å². The van der Waals surface area contributed by atoms with Crippen LogP contribution in [0.1, 0.15) is 68.9 Å². The fraction of sp³-hybridized carbons (Fsp3) is 0.500. The second-order valence-corrected chi connectivity index (χ2v) is 10.8. The number of nitrogens with one attached hydrogen (secondary N) is 2. The van der Waals surface area contributed by atoms with E-state index in [0.717, 1.165) is 6.07 Å². The van der Waals surface area contributed by atoms with Crippen molar-refractivity contribution in [1.29, 1.82) is 0 Å². The molecule has 0 radical (unpaired) electrons. The molecule has 40 heavy (non-hydrogen) atoms. The predicted molar refractivity (Wildman–Crippen MR) is 144 cm³/mol. The Hall–Kier alpha value is -3.70. The van der Waals surface area contributed by atoms with Gasteiger partial charge in [-0.2, -0.15) is 0 Å². The lowest BCUT2D eigenvalue weighted by molar-refractivity contribution is -0.129. The zero-order valence-corrected chi connectivity index (χ0v) is 22.6. The minimum Gasteiger partial charge on any atom is -0.376 e. The van der Waals surface area contributed by atoms with Gasteiger partial charge in [-0.25, -0.2) is 27.5 Å². The number of halogens is 4. The van der Waals surface area contributed by atoms with Gasteiger partial charge in [-0.3, -0.25) is 9.59 Å². The van der Waals surface area contributed by atoms with Gasteiger partial charge >= 0.3 is 0 Å². The summed E-state index contributed by atoms with van der Waals surface area (Å²) in [5, 5.41) is 6.87. The topological polar surface area (TPSA) is 92.2 Å². The van der Waals surface area contributed by atoms with Gasteiger partial charge in [0.2, 0.25) is 5.91 Å². The highest BCUT2D eigenvalue weighted by molar-refractivity contribution is 5.96. The normalized spacial score (nSPS) is 17.8. The van der Waals surface area contributed by atoms with Crippen molar-refractivity contribution < 1.29 is 22.4 Å². The summed E-state index contributed by atoms with van der Waals surface area (Å²) in [7, 11) is 0. The monoisotopic (exact) mass is 560 g/mol. The number of anilines is 2. The summed E-state index contributed by atoms with van der Waals surface area (Å²) < 4.78 is 57.1. The molecule has 2 aromatic heterocycles. The van der Waals surface area contributed by atoms with Crippen LogP contribution in [0.15, 0.2) is 29.2 Å². The van der Waals surface area contributed by atoms with Gasteiger partial charge in [0, 0.05) is 37.8 Å². The van der Waals surface area contributed by atoms with Crippen LogP contribution < -0.4 is 16.2 Å². The van der Waals surface area contributed by atoms with Crippen molar-refractivity contribution in [3.05, 3.63) is 57.5 Å². The molecule has 1 saturated heterocycles. The molecule has 1 atom stereocenters. The van der Waals surface area contributed by atoms with E-state index in [9.17, 15) is 27.2 Å². The SMILES string of the molecule is CC(=O)N1CCC(Nc2c(=O)n(C3(CF)CC3)cc3c(N[C@H](C)c4cccc(C(F)F)c4F)nc(C)nc23)CC1. The summed E-state index contributed by atoms with van der Waals surface area (Å²) in [5.74, 6) is -0.400. The van der Waals surface area contributed by atoms with Crippen molar-refractivity contribution in [2.45, 2.75) is 70.5 Å². The van der Waals surface area contributed by atoms with Crippen LogP contribution in [0.25, 0.3) is 10.9 Å². The Morgan fingerprint density at radius 1 is 1.18 bits per heavy atom. The molecule has 3 heterocycles. The highest BCUT2D eigenvalue weighted by Crippen LogP contribution is 2.44. The molecule has 2 aliphatic rings. The van der Waals surface area contributed by atoms with E-state index < -0.39 is 41.6 Å². The molecule has 5 rings (SSSR count). The Bertz CT molecular complexity index is 1500. The van der Waals surface area contributed by atoms with Crippen LogP contribution >= 0.6 is 0 Å². The number of likely N-dealkylation sites (tertiary alicyclic amines) is 1. The lowest BCUT2D eigenvalue weighted by Crippen LogP contribution is -2.42. The number of fused-ring (bicyclic) bond motifs is 1. The average Bonchev–Trinajstić information content (AvgIpc) is 3.71. The minimum absolute atomic E-state index is 0.00619. The van der Waals surface area contributed by atoms with Crippen molar-refractivity contribution in [3.8, 4) is 0 Å². The molecule has 2 fully saturated rings. The number of benzene rings is 1. The van der Waals surface area contributed by atoms with E-state index in [0.29, 0.717) is 55.5 Å². The number of pyridine rings is 1. The Morgan fingerprint density at radius 2 is 1.85 bits per heavy atom. The summed E-state index contributed by atoms with van der Waals surface area (Å²) in [4.78, 5) is 36.3. The first-order chi connectivity index (χ1) is 19.0. The maximum atomic E-state index is 14.9. The molecule has 1 aliphatic heterocycles. The first kappa shape index (κ1) is 27.9. The summed E-state index contributed by atoms with van der Waals surface area (Å²) in [6.07, 6.45) is 0.820.